The van der Waals surface area contributed by atoms with E-state index in [0.717, 1.165) is 98.1 Å². The molecule has 10 rings (SSSR count). The normalized spacial score (nSPS) is 13.1. The fourth-order valence-electron chi connectivity index (χ4n) is 9.15. The van der Waals surface area contributed by atoms with Crippen molar-refractivity contribution in [2.75, 3.05) is 7.05 Å². The fourth-order valence-corrected chi connectivity index (χ4v) is 9.15. The molecule has 1 aliphatic heterocycles. The van der Waals surface area contributed by atoms with Crippen LogP contribution in [0.15, 0.2) is 233 Å². The highest BCUT2D eigenvalue weighted by atomic mass is 32.1. The van der Waals surface area contributed by atoms with E-state index in [2.05, 4.69) is 224 Å². The van der Waals surface area contributed by atoms with Crippen molar-refractivity contribution in [2.45, 2.75) is 32.2 Å². The number of fused-ring (bicyclic) bond motifs is 1. The first-order chi connectivity index (χ1) is 34.5. The zero-order valence-electron chi connectivity index (χ0n) is 40.3. The molecular formula is C66H58N4S. The Hall–Kier alpha value is -8.25. The minimum Gasteiger partial charge on any atom is -0.304 e. The molecular weight excluding hydrogens is 881 g/mol. The SMILES string of the molecule is C=Cc1cc(-c2ccc(-c3cc(CN=C(N=Cc4cccc(-c5ccccc5)c4)c4cccc(C5=CCCC=C5)c4)cc(-c4ccc(C5=CCCC=N5)cc4)c3)cc2)c2ccccc2c1C=C.C=NC.S. The van der Waals surface area contributed by atoms with Crippen molar-refractivity contribution >= 4 is 72.7 Å². The van der Waals surface area contributed by atoms with E-state index in [1.807, 2.05) is 30.6 Å². The van der Waals surface area contributed by atoms with Gasteiger partial charge in [0.15, 0.2) is 5.84 Å². The highest BCUT2D eigenvalue weighted by Gasteiger charge is 2.14. The molecule has 5 heteroatoms. The van der Waals surface area contributed by atoms with Gasteiger partial charge in [-0.1, -0.05) is 189 Å². The van der Waals surface area contributed by atoms with E-state index >= 15 is 0 Å². The summed E-state index contributed by atoms with van der Waals surface area (Å²) in [7, 11) is 1.64. The Morgan fingerprint density at radius 1 is 0.563 bits per heavy atom. The van der Waals surface area contributed by atoms with Gasteiger partial charge in [0, 0.05) is 25.0 Å². The second-order valence-corrected chi connectivity index (χ2v) is 17.4. The van der Waals surface area contributed by atoms with Crippen LogP contribution in [0.25, 0.3) is 78.7 Å². The molecule has 0 atom stereocenters. The van der Waals surface area contributed by atoms with E-state index in [1.54, 1.807) is 7.05 Å². The smallest absolute Gasteiger partial charge is 0.154 e. The standard InChI is InChI=1S/C64H51N3.C2H5N.H2S/c1-3-47-42-62(61-26-12-11-25-60(61)59(47)4-2)52-32-28-50(29-33-52)57-38-46(39-58(41-57)51-30-34-53(35-31-51)63-27-13-14-36-65-63)44-67-64(56-24-16-23-55(40-56)49-20-9-6-10-21-49)66-43-45-17-15-22-54(37-45)48-18-7-5-8-19-48;1-3-2;/h3-5,7-9,11-12,15-43H,1-2,6,10,13-14,44H2;1H2,2H3;1H2. The third kappa shape index (κ3) is 11.8. The Bertz CT molecular complexity index is 3390. The second kappa shape index (κ2) is 23.9. The maximum atomic E-state index is 5.35. The Balaban J connectivity index is 0.00000165. The molecule has 0 aromatic heterocycles. The van der Waals surface area contributed by atoms with Crippen LogP contribution in [0, 0.1) is 0 Å². The molecule has 8 aromatic carbocycles. The number of amidine groups is 1. The summed E-state index contributed by atoms with van der Waals surface area (Å²) in [5.41, 5.74) is 19.0. The molecule has 348 valence electrons. The number of aliphatic imine (C=N–C) groups is 4. The van der Waals surface area contributed by atoms with Crippen molar-refractivity contribution < 1.29 is 0 Å². The number of rotatable bonds is 12. The Morgan fingerprint density at radius 2 is 1.20 bits per heavy atom. The average molecular weight is 939 g/mol. The van der Waals surface area contributed by atoms with Crippen LogP contribution in [-0.2, 0) is 6.54 Å². The van der Waals surface area contributed by atoms with E-state index < -0.39 is 0 Å². The van der Waals surface area contributed by atoms with E-state index in [0.29, 0.717) is 12.4 Å². The zero-order chi connectivity index (χ0) is 48.1. The molecule has 8 aromatic rings. The summed E-state index contributed by atoms with van der Waals surface area (Å²) in [6.45, 7) is 11.8. The monoisotopic (exact) mass is 938 g/mol. The lowest BCUT2D eigenvalue weighted by atomic mass is 9.90. The van der Waals surface area contributed by atoms with Crippen LogP contribution < -0.4 is 0 Å². The van der Waals surface area contributed by atoms with Gasteiger partial charge >= 0.3 is 0 Å². The summed E-state index contributed by atoms with van der Waals surface area (Å²) in [6, 6.07) is 63.0. The molecule has 1 aliphatic carbocycles. The zero-order valence-corrected chi connectivity index (χ0v) is 41.3. The first-order valence-electron chi connectivity index (χ1n) is 24.0. The minimum atomic E-state index is 0. The van der Waals surface area contributed by atoms with E-state index in [-0.39, 0.29) is 13.5 Å². The lowest BCUT2D eigenvalue weighted by Gasteiger charge is -2.14. The number of allylic oxidation sites excluding steroid dienone is 5. The number of hydrogen-bond donors (Lipinski definition) is 0. The third-order valence-electron chi connectivity index (χ3n) is 12.6. The number of nitrogens with zero attached hydrogens (tertiary/aromatic N) is 4. The van der Waals surface area contributed by atoms with Crippen molar-refractivity contribution in [1.29, 1.82) is 0 Å². The Morgan fingerprint density at radius 3 is 1.87 bits per heavy atom. The largest absolute Gasteiger partial charge is 0.304 e. The fraction of sp³-hybridized carbons (Fsp3) is 0.0909. The molecule has 4 nitrogen and oxygen atoms in total. The topological polar surface area (TPSA) is 49.4 Å². The average Bonchev–Trinajstić information content (AvgIpc) is 3.43. The maximum Gasteiger partial charge on any atom is 0.154 e. The van der Waals surface area contributed by atoms with Gasteiger partial charge in [-0.25, -0.2) is 4.99 Å². The van der Waals surface area contributed by atoms with Gasteiger partial charge in [0.05, 0.1) is 12.2 Å². The van der Waals surface area contributed by atoms with Crippen LogP contribution in [0.4, 0.5) is 0 Å². The van der Waals surface area contributed by atoms with E-state index in [1.165, 1.54) is 33.0 Å². The summed E-state index contributed by atoms with van der Waals surface area (Å²) in [5, 5.41) is 2.36. The van der Waals surface area contributed by atoms with Crippen molar-refractivity contribution in [3.8, 4) is 44.5 Å². The van der Waals surface area contributed by atoms with Gasteiger partial charge in [-0.05, 0) is 163 Å². The molecule has 0 bridgehead atoms. The molecule has 71 heavy (non-hydrogen) atoms. The van der Waals surface area contributed by atoms with Crippen LogP contribution in [-0.4, -0.2) is 32.0 Å². The molecule has 0 radical (unpaired) electrons. The molecule has 0 amide bonds. The maximum absolute atomic E-state index is 5.35. The molecule has 0 saturated carbocycles. The van der Waals surface area contributed by atoms with Crippen molar-refractivity contribution in [3.05, 3.63) is 252 Å². The van der Waals surface area contributed by atoms with Gasteiger partial charge in [-0.2, -0.15) is 13.5 Å². The lowest BCUT2D eigenvalue weighted by Crippen LogP contribution is -2.01. The highest BCUT2D eigenvalue weighted by Crippen LogP contribution is 2.37. The Kier molecular flexibility index (Phi) is 16.5. The molecule has 2 aliphatic rings. The minimum absolute atomic E-state index is 0. The summed E-state index contributed by atoms with van der Waals surface area (Å²) in [4.78, 5) is 18.4. The van der Waals surface area contributed by atoms with Crippen LogP contribution in [0.2, 0.25) is 0 Å². The van der Waals surface area contributed by atoms with Gasteiger partial charge in [-0.15, -0.1) is 0 Å². The highest BCUT2D eigenvalue weighted by molar-refractivity contribution is 7.59. The molecule has 1 heterocycles. The summed E-state index contributed by atoms with van der Waals surface area (Å²) >= 11 is 0. The van der Waals surface area contributed by atoms with Crippen LogP contribution in [0.1, 0.15) is 64.6 Å². The predicted molar refractivity (Wildman–Crippen MR) is 315 cm³/mol. The van der Waals surface area contributed by atoms with Gasteiger partial charge in [0.1, 0.15) is 0 Å². The number of benzene rings is 8. The Labute approximate surface area is 426 Å². The lowest BCUT2D eigenvalue weighted by molar-refractivity contribution is 1.04. The quantitative estimate of drug-likeness (QED) is 0.0866. The molecule has 0 saturated heterocycles. The van der Waals surface area contributed by atoms with Gasteiger partial charge < -0.3 is 4.99 Å². The van der Waals surface area contributed by atoms with Crippen molar-refractivity contribution in [1.82, 2.24) is 0 Å². The summed E-state index contributed by atoms with van der Waals surface area (Å²) in [6.07, 6.45) is 21.0. The number of hydrogen-bond acceptors (Lipinski definition) is 3. The molecule has 0 fully saturated rings. The van der Waals surface area contributed by atoms with Crippen LogP contribution in [0.3, 0.4) is 0 Å². The van der Waals surface area contributed by atoms with E-state index in [4.69, 9.17) is 9.98 Å². The van der Waals surface area contributed by atoms with Crippen LogP contribution in [0.5, 0.6) is 0 Å². The second-order valence-electron chi connectivity index (χ2n) is 17.4. The van der Waals surface area contributed by atoms with Gasteiger partial charge in [-0.3, -0.25) is 9.98 Å². The molecule has 0 spiro atoms. The van der Waals surface area contributed by atoms with Crippen molar-refractivity contribution in [2.24, 2.45) is 20.0 Å². The van der Waals surface area contributed by atoms with Crippen LogP contribution >= 0.6 is 13.5 Å². The van der Waals surface area contributed by atoms with E-state index in [9.17, 15) is 0 Å². The van der Waals surface area contributed by atoms with Gasteiger partial charge in [0.25, 0.3) is 0 Å². The molecule has 0 N–H and O–H groups in total. The first-order valence-corrected chi connectivity index (χ1v) is 24.0. The van der Waals surface area contributed by atoms with Crippen molar-refractivity contribution in [3.63, 3.8) is 0 Å². The third-order valence-corrected chi connectivity index (χ3v) is 12.6. The first kappa shape index (κ1) is 49.2. The van der Waals surface area contributed by atoms with Gasteiger partial charge in [0.2, 0.25) is 0 Å². The predicted octanol–water partition coefficient (Wildman–Crippen LogP) is 17.2. The summed E-state index contributed by atoms with van der Waals surface area (Å²) in [5.74, 6) is 0.683. The molecule has 0 unspecified atom stereocenters. The summed E-state index contributed by atoms with van der Waals surface area (Å²) < 4.78 is 0.